The summed E-state index contributed by atoms with van der Waals surface area (Å²) in [5, 5.41) is 14.4. The van der Waals surface area contributed by atoms with Gasteiger partial charge in [0.1, 0.15) is 11.4 Å². The number of nitrogens with zero attached hydrogens (tertiary/aromatic N) is 1. The van der Waals surface area contributed by atoms with E-state index < -0.39 is 18.1 Å². The van der Waals surface area contributed by atoms with E-state index in [1.54, 1.807) is 18.2 Å². The number of halogens is 3. The fourth-order valence-electron chi connectivity index (χ4n) is 2.55. The summed E-state index contributed by atoms with van der Waals surface area (Å²) in [6, 6.07) is 11.2. The van der Waals surface area contributed by atoms with Crippen LogP contribution in [0.25, 0.3) is 0 Å². The number of anilines is 3. The van der Waals surface area contributed by atoms with Crippen molar-refractivity contribution < 1.29 is 27.5 Å². The molecule has 0 spiro atoms. The topological polar surface area (TPSA) is 108 Å². The molecular formula is C19H16F3N5O3. The van der Waals surface area contributed by atoms with Gasteiger partial charge in [-0.05, 0) is 29.8 Å². The molecule has 1 aromatic heterocycles. The zero-order chi connectivity index (χ0) is 21.6. The van der Waals surface area contributed by atoms with Crippen molar-refractivity contribution in [2.75, 3.05) is 16.0 Å². The van der Waals surface area contributed by atoms with E-state index in [0.29, 0.717) is 29.9 Å². The molecule has 0 aliphatic carbocycles. The molecule has 3 aromatic rings. The summed E-state index contributed by atoms with van der Waals surface area (Å²) < 4.78 is 40.7. The second-order valence-corrected chi connectivity index (χ2v) is 6.02. The zero-order valence-electron chi connectivity index (χ0n) is 15.3. The molecule has 0 fully saturated rings. The standard InChI is InChI=1S/C19H16F3N5O3/c20-19(21,22)30-15-6-2-5-14(8-15)26-18(29)25-13-4-1-3-12(7-13)9-23-16-10-24-27-17(16)11-28/h1-8,10-11,23H,9H2,(H,24,27)(H2,25,26,29). The van der Waals surface area contributed by atoms with Gasteiger partial charge in [-0.25, -0.2) is 4.79 Å². The fourth-order valence-corrected chi connectivity index (χ4v) is 2.55. The van der Waals surface area contributed by atoms with Crippen LogP contribution < -0.4 is 20.7 Å². The number of benzene rings is 2. The van der Waals surface area contributed by atoms with Gasteiger partial charge in [-0.15, -0.1) is 13.2 Å². The fraction of sp³-hybridized carbons (Fsp3) is 0.105. The molecule has 2 aromatic carbocycles. The van der Waals surface area contributed by atoms with Gasteiger partial charge in [0.05, 0.1) is 11.9 Å². The van der Waals surface area contributed by atoms with E-state index in [1.165, 1.54) is 18.3 Å². The average molecular weight is 419 g/mol. The molecule has 30 heavy (non-hydrogen) atoms. The van der Waals surface area contributed by atoms with Crippen LogP contribution in [-0.4, -0.2) is 28.9 Å². The molecule has 11 heteroatoms. The van der Waals surface area contributed by atoms with Gasteiger partial charge in [-0.3, -0.25) is 9.89 Å². The van der Waals surface area contributed by atoms with Crippen molar-refractivity contribution in [3.63, 3.8) is 0 Å². The Morgan fingerprint density at radius 3 is 2.50 bits per heavy atom. The summed E-state index contributed by atoms with van der Waals surface area (Å²) in [5.41, 5.74) is 2.28. The van der Waals surface area contributed by atoms with Crippen molar-refractivity contribution in [3.8, 4) is 5.75 Å². The number of hydrogen-bond acceptors (Lipinski definition) is 5. The first-order valence-corrected chi connectivity index (χ1v) is 8.57. The first kappa shape index (κ1) is 20.7. The Morgan fingerprint density at radius 1 is 1.10 bits per heavy atom. The number of amides is 2. The molecule has 0 saturated carbocycles. The number of H-pyrrole nitrogens is 1. The summed E-state index contributed by atoms with van der Waals surface area (Å²) in [6.45, 7) is 0.369. The minimum Gasteiger partial charge on any atom is -0.406 e. The molecule has 0 saturated heterocycles. The largest absolute Gasteiger partial charge is 0.573 e. The number of aromatic amines is 1. The lowest BCUT2D eigenvalue weighted by Gasteiger charge is -2.12. The molecule has 0 unspecified atom stereocenters. The zero-order valence-corrected chi connectivity index (χ0v) is 15.3. The molecule has 2 amide bonds. The highest BCUT2D eigenvalue weighted by molar-refractivity contribution is 5.99. The summed E-state index contributed by atoms with van der Waals surface area (Å²) in [6.07, 6.45) is -2.69. The van der Waals surface area contributed by atoms with Crippen LogP contribution >= 0.6 is 0 Å². The Hall–Kier alpha value is -4.02. The van der Waals surface area contributed by atoms with Crippen LogP contribution in [0.5, 0.6) is 5.75 Å². The van der Waals surface area contributed by atoms with Crippen molar-refractivity contribution in [3.05, 3.63) is 66.0 Å². The molecule has 0 atom stereocenters. The molecule has 0 aliphatic heterocycles. The first-order chi connectivity index (χ1) is 14.3. The highest BCUT2D eigenvalue weighted by Gasteiger charge is 2.31. The Balaban J connectivity index is 1.58. The summed E-state index contributed by atoms with van der Waals surface area (Å²) in [7, 11) is 0. The maximum atomic E-state index is 12.3. The monoisotopic (exact) mass is 419 g/mol. The molecule has 0 radical (unpaired) electrons. The minimum absolute atomic E-state index is 0.133. The van der Waals surface area contributed by atoms with Crippen LogP contribution in [0.2, 0.25) is 0 Å². The lowest BCUT2D eigenvalue weighted by atomic mass is 10.2. The van der Waals surface area contributed by atoms with E-state index in [1.807, 2.05) is 6.07 Å². The molecule has 156 valence electrons. The average Bonchev–Trinajstić information content (AvgIpc) is 3.13. The van der Waals surface area contributed by atoms with Gasteiger partial charge in [-0.1, -0.05) is 18.2 Å². The molecular weight excluding hydrogens is 403 g/mol. The van der Waals surface area contributed by atoms with Crippen LogP contribution in [-0.2, 0) is 6.54 Å². The summed E-state index contributed by atoms with van der Waals surface area (Å²) in [4.78, 5) is 23.1. The van der Waals surface area contributed by atoms with Crippen molar-refractivity contribution >= 4 is 29.4 Å². The molecule has 1 heterocycles. The van der Waals surface area contributed by atoms with E-state index >= 15 is 0 Å². The van der Waals surface area contributed by atoms with Gasteiger partial charge < -0.3 is 20.7 Å². The highest BCUT2D eigenvalue weighted by atomic mass is 19.4. The lowest BCUT2D eigenvalue weighted by Crippen LogP contribution is -2.20. The normalized spacial score (nSPS) is 10.9. The lowest BCUT2D eigenvalue weighted by molar-refractivity contribution is -0.274. The van der Waals surface area contributed by atoms with Crippen LogP contribution in [0.4, 0.5) is 35.0 Å². The summed E-state index contributed by atoms with van der Waals surface area (Å²) >= 11 is 0. The van der Waals surface area contributed by atoms with Crippen molar-refractivity contribution in [1.29, 1.82) is 0 Å². The number of urea groups is 1. The third-order valence-electron chi connectivity index (χ3n) is 3.78. The maximum absolute atomic E-state index is 12.3. The number of alkyl halides is 3. The quantitative estimate of drug-likeness (QED) is 0.425. The number of aromatic nitrogens is 2. The van der Waals surface area contributed by atoms with Crippen molar-refractivity contribution in [2.45, 2.75) is 12.9 Å². The van der Waals surface area contributed by atoms with Crippen LogP contribution in [0.1, 0.15) is 16.1 Å². The molecule has 0 aliphatic rings. The Labute approximate surface area is 168 Å². The molecule has 0 bridgehead atoms. The van der Waals surface area contributed by atoms with E-state index in [9.17, 15) is 22.8 Å². The number of rotatable bonds is 7. The predicted molar refractivity (Wildman–Crippen MR) is 104 cm³/mol. The van der Waals surface area contributed by atoms with Gasteiger partial charge in [0.25, 0.3) is 0 Å². The van der Waals surface area contributed by atoms with E-state index in [0.717, 1.165) is 17.7 Å². The van der Waals surface area contributed by atoms with Gasteiger partial charge >= 0.3 is 12.4 Å². The third kappa shape index (κ3) is 5.99. The van der Waals surface area contributed by atoms with E-state index in [4.69, 9.17) is 0 Å². The molecule has 4 N–H and O–H groups in total. The Morgan fingerprint density at radius 2 is 1.80 bits per heavy atom. The van der Waals surface area contributed by atoms with Gasteiger partial charge in [-0.2, -0.15) is 5.10 Å². The van der Waals surface area contributed by atoms with Crippen molar-refractivity contribution in [2.24, 2.45) is 0 Å². The van der Waals surface area contributed by atoms with Crippen LogP contribution in [0.15, 0.2) is 54.7 Å². The van der Waals surface area contributed by atoms with Gasteiger partial charge in [0.15, 0.2) is 6.29 Å². The Kier molecular flexibility index (Phi) is 6.20. The van der Waals surface area contributed by atoms with E-state index in [-0.39, 0.29) is 5.69 Å². The smallest absolute Gasteiger partial charge is 0.406 e. The second kappa shape index (κ2) is 8.99. The summed E-state index contributed by atoms with van der Waals surface area (Å²) in [5.74, 6) is -0.442. The maximum Gasteiger partial charge on any atom is 0.573 e. The predicted octanol–water partition coefficient (Wildman–Crippen LogP) is 4.38. The van der Waals surface area contributed by atoms with Crippen LogP contribution in [0.3, 0.4) is 0 Å². The van der Waals surface area contributed by atoms with Crippen molar-refractivity contribution in [1.82, 2.24) is 10.2 Å². The van der Waals surface area contributed by atoms with E-state index in [2.05, 4.69) is 30.9 Å². The molecule has 3 rings (SSSR count). The third-order valence-corrected chi connectivity index (χ3v) is 3.78. The van der Waals surface area contributed by atoms with Gasteiger partial charge in [0, 0.05) is 24.0 Å². The van der Waals surface area contributed by atoms with Crippen LogP contribution in [0, 0.1) is 0 Å². The number of aldehydes is 1. The Bertz CT molecular complexity index is 1040. The first-order valence-electron chi connectivity index (χ1n) is 8.57. The number of carbonyl (C=O) groups excluding carboxylic acids is 2. The molecule has 8 nitrogen and oxygen atoms in total. The number of nitrogens with one attached hydrogen (secondary N) is 4. The number of carbonyl (C=O) groups is 2. The highest BCUT2D eigenvalue weighted by Crippen LogP contribution is 2.25. The minimum atomic E-state index is -4.82. The number of ether oxygens (including phenoxy) is 1. The second-order valence-electron chi connectivity index (χ2n) is 6.02. The number of hydrogen-bond donors (Lipinski definition) is 4. The van der Waals surface area contributed by atoms with Gasteiger partial charge in [0.2, 0.25) is 0 Å². The SMILES string of the molecule is O=Cc1[nH]ncc1NCc1cccc(NC(=O)Nc2cccc(OC(F)(F)F)c2)c1.